The lowest BCUT2D eigenvalue weighted by Crippen LogP contribution is -2.28. The molecule has 2 aromatic carbocycles. The fourth-order valence-electron chi connectivity index (χ4n) is 3.03. The maximum absolute atomic E-state index is 13.1. The van der Waals surface area contributed by atoms with E-state index in [-0.39, 0.29) is 18.1 Å². The molecule has 2 heterocycles. The topological polar surface area (TPSA) is 111 Å². The average molecular weight is 462 g/mol. The molecular formula is C23H18N4O5S. The first-order valence-electron chi connectivity index (χ1n) is 9.77. The quantitative estimate of drug-likeness (QED) is 0.218. The van der Waals surface area contributed by atoms with Crippen molar-refractivity contribution in [1.29, 1.82) is 0 Å². The van der Waals surface area contributed by atoms with Crippen molar-refractivity contribution >= 4 is 40.8 Å². The molecule has 166 valence electrons. The summed E-state index contributed by atoms with van der Waals surface area (Å²) >= 11 is 1.19. The minimum absolute atomic E-state index is 0.00819. The number of methoxy groups -OCH3 is 1. The first-order valence-corrected chi connectivity index (χ1v) is 10.6. The molecule has 0 radical (unpaired) electrons. The molecule has 1 saturated heterocycles. The van der Waals surface area contributed by atoms with Crippen LogP contribution in [0, 0.1) is 10.1 Å². The van der Waals surface area contributed by atoms with Crippen molar-refractivity contribution in [2.24, 2.45) is 10.2 Å². The number of hydrogen-bond donors (Lipinski definition) is 0. The number of para-hydroxylation sites is 1. The van der Waals surface area contributed by atoms with Crippen LogP contribution in [0.4, 0.5) is 5.69 Å². The smallest absolute Gasteiger partial charge is 0.269 e. The van der Waals surface area contributed by atoms with E-state index in [2.05, 4.69) is 10.2 Å². The molecule has 33 heavy (non-hydrogen) atoms. The zero-order chi connectivity index (χ0) is 23.2. The Morgan fingerprint density at radius 1 is 1.15 bits per heavy atom. The molecule has 0 unspecified atom stereocenters. The predicted octanol–water partition coefficient (Wildman–Crippen LogP) is 4.70. The summed E-state index contributed by atoms with van der Waals surface area (Å²) in [6.45, 7) is 0.202. The normalized spacial score (nSPS) is 16.3. The van der Waals surface area contributed by atoms with E-state index < -0.39 is 4.92 Å². The Morgan fingerprint density at radius 2 is 1.94 bits per heavy atom. The van der Waals surface area contributed by atoms with Crippen LogP contribution in [0.1, 0.15) is 16.9 Å². The molecule has 0 atom stereocenters. The molecule has 0 saturated carbocycles. The minimum Gasteiger partial charge on any atom is -0.496 e. The molecule has 0 spiro atoms. The van der Waals surface area contributed by atoms with Gasteiger partial charge >= 0.3 is 0 Å². The van der Waals surface area contributed by atoms with Gasteiger partial charge in [0.05, 0.1) is 36.0 Å². The molecule has 1 fully saturated rings. The number of benzene rings is 2. The Kier molecular flexibility index (Phi) is 6.65. The molecule has 1 aromatic heterocycles. The van der Waals surface area contributed by atoms with Gasteiger partial charge in [-0.3, -0.25) is 19.8 Å². The van der Waals surface area contributed by atoms with Crippen LogP contribution >= 0.6 is 11.8 Å². The molecule has 4 rings (SSSR count). The number of furan rings is 1. The zero-order valence-electron chi connectivity index (χ0n) is 17.5. The van der Waals surface area contributed by atoms with Crippen LogP contribution in [0.5, 0.6) is 5.75 Å². The number of nitro benzene ring substituents is 1. The van der Waals surface area contributed by atoms with Gasteiger partial charge in [-0.2, -0.15) is 5.10 Å². The highest BCUT2D eigenvalue weighted by molar-refractivity contribution is 8.18. The Hall–Kier alpha value is -4.18. The molecular weight excluding hydrogens is 444 g/mol. The van der Waals surface area contributed by atoms with Gasteiger partial charge < -0.3 is 9.15 Å². The third kappa shape index (κ3) is 5.18. The lowest BCUT2D eigenvalue weighted by Gasteiger charge is -2.12. The highest BCUT2D eigenvalue weighted by atomic mass is 32.2. The Bertz CT molecular complexity index is 1250. The third-order valence-corrected chi connectivity index (χ3v) is 5.66. The number of amides is 1. The first-order chi connectivity index (χ1) is 16.0. The summed E-state index contributed by atoms with van der Waals surface area (Å²) in [5.41, 5.74) is 1.40. The van der Waals surface area contributed by atoms with E-state index in [0.717, 1.165) is 5.56 Å². The number of nitrogens with zero attached hydrogens (tertiary/aromatic N) is 4. The maximum atomic E-state index is 13.1. The number of amidine groups is 1. The summed E-state index contributed by atoms with van der Waals surface area (Å²) in [6.07, 6.45) is 4.76. The Labute approximate surface area is 193 Å². The summed E-state index contributed by atoms with van der Waals surface area (Å²) in [6, 6.07) is 16.8. The number of carbonyl (C=O) groups is 1. The van der Waals surface area contributed by atoms with Crippen molar-refractivity contribution in [2.45, 2.75) is 6.54 Å². The minimum atomic E-state index is -0.468. The van der Waals surface area contributed by atoms with Crippen molar-refractivity contribution < 1.29 is 18.9 Å². The predicted molar refractivity (Wildman–Crippen MR) is 126 cm³/mol. The maximum Gasteiger partial charge on any atom is 0.269 e. The van der Waals surface area contributed by atoms with Gasteiger partial charge in [0.1, 0.15) is 11.5 Å². The zero-order valence-corrected chi connectivity index (χ0v) is 18.3. The summed E-state index contributed by atoms with van der Waals surface area (Å²) in [4.78, 5) is 25.4. The van der Waals surface area contributed by atoms with E-state index in [4.69, 9.17) is 9.15 Å². The van der Waals surface area contributed by atoms with E-state index in [1.165, 1.54) is 41.3 Å². The summed E-state index contributed by atoms with van der Waals surface area (Å²) < 4.78 is 10.8. The van der Waals surface area contributed by atoms with Crippen LogP contribution in [0.25, 0.3) is 6.08 Å². The van der Waals surface area contributed by atoms with Crippen molar-refractivity contribution in [3.05, 3.63) is 98.8 Å². The van der Waals surface area contributed by atoms with Crippen molar-refractivity contribution in [3.63, 3.8) is 0 Å². The van der Waals surface area contributed by atoms with Gasteiger partial charge in [-0.15, -0.1) is 5.10 Å². The first kappa shape index (κ1) is 22.0. The van der Waals surface area contributed by atoms with E-state index in [0.29, 0.717) is 27.1 Å². The van der Waals surface area contributed by atoms with Crippen molar-refractivity contribution in [1.82, 2.24) is 4.90 Å². The second-order valence-corrected chi connectivity index (χ2v) is 7.81. The molecule has 0 N–H and O–H groups in total. The van der Waals surface area contributed by atoms with Crippen LogP contribution in [0.2, 0.25) is 0 Å². The van der Waals surface area contributed by atoms with Gasteiger partial charge in [0.25, 0.3) is 11.6 Å². The number of rotatable bonds is 7. The lowest BCUT2D eigenvalue weighted by molar-refractivity contribution is -0.384. The van der Waals surface area contributed by atoms with Crippen molar-refractivity contribution in [3.8, 4) is 5.75 Å². The number of hydrogen-bond acceptors (Lipinski definition) is 8. The molecule has 0 bridgehead atoms. The standard InChI is InChI=1S/C23H18N4O5S/c1-31-20-7-3-2-5-17(20)13-21-22(28)26(15-19-6-4-12-32-19)23(33-21)25-24-14-16-8-10-18(11-9-16)27(29)30/h2-14H,15H2,1H3/b21-13-,24-14-,25-23+. The van der Waals surface area contributed by atoms with Crippen LogP contribution in [0.3, 0.4) is 0 Å². The number of ether oxygens (including phenoxy) is 1. The molecule has 3 aromatic rings. The highest BCUT2D eigenvalue weighted by Crippen LogP contribution is 2.35. The van der Waals surface area contributed by atoms with Crippen LogP contribution in [-0.4, -0.2) is 34.2 Å². The number of non-ortho nitro benzene ring substituents is 1. The second kappa shape index (κ2) is 9.96. The number of carbonyl (C=O) groups excluding carboxylic acids is 1. The third-order valence-electron chi connectivity index (χ3n) is 4.66. The Balaban J connectivity index is 1.61. The van der Waals surface area contributed by atoms with Gasteiger partial charge in [-0.05, 0) is 53.7 Å². The highest BCUT2D eigenvalue weighted by Gasteiger charge is 2.34. The summed E-state index contributed by atoms with van der Waals surface area (Å²) in [7, 11) is 1.57. The van der Waals surface area contributed by atoms with Gasteiger partial charge in [0.2, 0.25) is 0 Å². The van der Waals surface area contributed by atoms with E-state index in [9.17, 15) is 14.9 Å². The average Bonchev–Trinajstić information content (AvgIpc) is 3.44. The van der Waals surface area contributed by atoms with E-state index >= 15 is 0 Å². The van der Waals surface area contributed by atoms with Crippen LogP contribution < -0.4 is 4.74 Å². The molecule has 0 aliphatic carbocycles. The fourth-order valence-corrected chi connectivity index (χ4v) is 3.96. The monoisotopic (exact) mass is 462 g/mol. The molecule has 1 aliphatic rings. The molecule has 10 heteroatoms. The van der Waals surface area contributed by atoms with E-state index in [1.54, 1.807) is 37.5 Å². The number of nitro groups is 1. The molecule has 9 nitrogen and oxygen atoms in total. The SMILES string of the molecule is COc1ccccc1/C=C1\S/C(=N/N=C\c2ccc([N+](=O)[O-])cc2)N(Cc2ccco2)C1=O. The van der Waals surface area contributed by atoms with Crippen LogP contribution in [-0.2, 0) is 11.3 Å². The van der Waals surface area contributed by atoms with Gasteiger partial charge in [-0.25, -0.2) is 0 Å². The van der Waals surface area contributed by atoms with Gasteiger partial charge in [0.15, 0.2) is 5.17 Å². The molecule has 1 aliphatic heterocycles. The fraction of sp³-hybridized carbons (Fsp3) is 0.0870. The van der Waals surface area contributed by atoms with E-state index in [1.807, 2.05) is 24.3 Å². The lowest BCUT2D eigenvalue weighted by atomic mass is 10.2. The van der Waals surface area contributed by atoms with Gasteiger partial charge in [-0.1, -0.05) is 18.2 Å². The van der Waals surface area contributed by atoms with Gasteiger partial charge in [0, 0.05) is 17.7 Å². The summed E-state index contributed by atoms with van der Waals surface area (Å²) in [5.74, 6) is 1.03. The molecule has 1 amide bonds. The van der Waals surface area contributed by atoms with Crippen LogP contribution in [0.15, 0.2) is 86.5 Å². The number of thioether (sulfide) groups is 1. The summed E-state index contributed by atoms with van der Waals surface area (Å²) in [5, 5.41) is 19.5. The largest absolute Gasteiger partial charge is 0.496 e. The Morgan fingerprint density at radius 3 is 2.64 bits per heavy atom. The van der Waals surface area contributed by atoms with Crippen molar-refractivity contribution in [2.75, 3.05) is 7.11 Å². The second-order valence-electron chi connectivity index (χ2n) is 6.80.